The molecule has 0 spiro atoms. The predicted octanol–water partition coefficient (Wildman–Crippen LogP) is 0.162. The van der Waals surface area contributed by atoms with Crippen molar-refractivity contribution in [3.05, 3.63) is 0 Å². The number of hydrogen-bond donors (Lipinski definition) is 2. The Morgan fingerprint density at radius 2 is 1.94 bits per heavy atom. The number of hydrogen-bond acceptors (Lipinski definition) is 5. The molecule has 0 bridgehead atoms. The molecule has 0 aliphatic heterocycles. The standard InChI is InChI=1S/C11H21NO5S/c1-9(10(13)17-2)18(15,16)12-8-11(14)6-4-3-5-7-11/h9,12,14H,3-8H2,1-2H3. The lowest BCUT2D eigenvalue weighted by Gasteiger charge is -2.32. The first kappa shape index (κ1) is 15.4. The first-order valence-electron chi connectivity index (χ1n) is 6.09. The molecule has 1 saturated carbocycles. The fourth-order valence-electron chi connectivity index (χ4n) is 2.04. The Hall–Kier alpha value is -0.660. The lowest BCUT2D eigenvalue weighted by molar-refractivity contribution is -0.139. The highest BCUT2D eigenvalue weighted by Gasteiger charge is 2.34. The number of carbonyl (C=O) groups is 1. The van der Waals surface area contributed by atoms with Crippen LogP contribution < -0.4 is 4.72 Å². The molecular weight excluding hydrogens is 258 g/mol. The van der Waals surface area contributed by atoms with E-state index in [4.69, 9.17) is 0 Å². The van der Waals surface area contributed by atoms with Crippen molar-refractivity contribution in [3.8, 4) is 0 Å². The Kier molecular flexibility index (Phi) is 5.12. The predicted molar refractivity (Wildman–Crippen MR) is 66.4 cm³/mol. The van der Waals surface area contributed by atoms with Crippen LogP contribution in [0.5, 0.6) is 0 Å². The van der Waals surface area contributed by atoms with Crippen molar-refractivity contribution < 1.29 is 23.1 Å². The lowest BCUT2D eigenvalue weighted by atomic mass is 9.85. The fourth-order valence-corrected chi connectivity index (χ4v) is 3.11. The topological polar surface area (TPSA) is 92.7 Å². The first-order valence-corrected chi connectivity index (χ1v) is 7.64. The number of nitrogens with one attached hydrogen (secondary N) is 1. The van der Waals surface area contributed by atoms with E-state index in [1.54, 1.807) is 0 Å². The third-order valence-electron chi connectivity index (χ3n) is 3.39. The SMILES string of the molecule is COC(=O)C(C)S(=O)(=O)NCC1(O)CCCCC1. The highest BCUT2D eigenvalue weighted by molar-refractivity contribution is 7.90. The van der Waals surface area contributed by atoms with Crippen molar-refractivity contribution in [2.45, 2.75) is 49.9 Å². The highest BCUT2D eigenvalue weighted by Crippen LogP contribution is 2.27. The van der Waals surface area contributed by atoms with Crippen molar-refractivity contribution in [2.75, 3.05) is 13.7 Å². The quantitative estimate of drug-likeness (QED) is 0.699. The molecule has 106 valence electrons. The molecule has 1 aliphatic carbocycles. The molecule has 0 amide bonds. The van der Waals surface area contributed by atoms with E-state index in [9.17, 15) is 18.3 Å². The molecule has 2 N–H and O–H groups in total. The molecule has 0 aromatic heterocycles. The summed E-state index contributed by atoms with van der Waals surface area (Å²) in [7, 11) is -2.65. The summed E-state index contributed by atoms with van der Waals surface area (Å²) in [5, 5.41) is 8.90. The third-order valence-corrected chi connectivity index (χ3v) is 5.06. The van der Waals surface area contributed by atoms with Gasteiger partial charge in [-0.25, -0.2) is 13.1 Å². The number of carbonyl (C=O) groups excluding carboxylic acids is 1. The smallest absolute Gasteiger partial charge is 0.325 e. The number of methoxy groups -OCH3 is 1. The van der Waals surface area contributed by atoms with E-state index >= 15 is 0 Å². The minimum atomic E-state index is -3.79. The number of rotatable bonds is 5. The van der Waals surface area contributed by atoms with Crippen LogP contribution in [0.15, 0.2) is 0 Å². The minimum Gasteiger partial charge on any atom is -0.468 e. The fraction of sp³-hybridized carbons (Fsp3) is 0.909. The van der Waals surface area contributed by atoms with Crippen LogP contribution in [-0.4, -0.2) is 44.0 Å². The van der Waals surface area contributed by atoms with Crippen molar-refractivity contribution in [1.82, 2.24) is 4.72 Å². The van der Waals surface area contributed by atoms with Crippen LogP contribution in [0.4, 0.5) is 0 Å². The normalized spacial score (nSPS) is 21.3. The van der Waals surface area contributed by atoms with Gasteiger partial charge in [0.05, 0.1) is 12.7 Å². The van der Waals surface area contributed by atoms with Crippen molar-refractivity contribution in [1.29, 1.82) is 0 Å². The van der Waals surface area contributed by atoms with E-state index in [1.807, 2.05) is 0 Å². The zero-order valence-electron chi connectivity index (χ0n) is 10.8. The molecular formula is C11H21NO5S. The van der Waals surface area contributed by atoms with Crippen LogP contribution in [0.3, 0.4) is 0 Å². The number of aliphatic hydroxyl groups is 1. The first-order chi connectivity index (χ1) is 8.31. The summed E-state index contributed by atoms with van der Waals surface area (Å²) >= 11 is 0. The molecule has 7 heteroatoms. The summed E-state index contributed by atoms with van der Waals surface area (Å²) in [5.74, 6) is -0.807. The van der Waals surface area contributed by atoms with Gasteiger partial charge in [0, 0.05) is 6.54 Å². The third kappa shape index (κ3) is 3.93. The maximum absolute atomic E-state index is 11.8. The van der Waals surface area contributed by atoms with Crippen molar-refractivity contribution in [2.24, 2.45) is 0 Å². The average molecular weight is 279 g/mol. The van der Waals surface area contributed by atoms with E-state index < -0.39 is 26.8 Å². The van der Waals surface area contributed by atoms with Gasteiger partial charge in [-0.3, -0.25) is 4.79 Å². The van der Waals surface area contributed by atoms with Gasteiger partial charge in [0.1, 0.15) is 0 Å². The average Bonchev–Trinajstić information content (AvgIpc) is 2.36. The Bertz CT molecular complexity index is 386. The van der Waals surface area contributed by atoms with Gasteiger partial charge in [0.2, 0.25) is 10.0 Å². The van der Waals surface area contributed by atoms with E-state index in [1.165, 1.54) is 6.92 Å². The van der Waals surface area contributed by atoms with Gasteiger partial charge in [-0.05, 0) is 19.8 Å². The maximum Gasteiger partial charge on any atom is 0.325 e. The molecule has 0 saturated heterocycles. The molecule has 1 rings (SSSR count). The van der Waals surface area contributed by atoms with Crippen molar-refractivity contribution >= 4 is 16.0 Å². The molecule has 1 aliphatic rings. The summed E-state index contributed by atoms with van der Waals surface area (Å²) in [6.07, 6.45) is 4.02. The van der Waals surface area contributed by atoms with Gasteiger partial charge in [-0.15, -0.1) is 0 Å². The van der Waals surface area contributed by atoms with Crippen LogP contribution in [-0.2, 0) is 19.6 Å². The Morgan fingerprint density at radius 3 is 2.44 bits per heavy atom. The molecule has 1 fully saturated rings. The van der Waals surface area contributed by atoms with Gasteiger partial charge < -0.3 is 9.84 Å². The summed E-state index contributed by atoms with van der Waals surface area (Å²) < 4.78 is 30.3. The van der Waals surface area contributed by atoms with Gasteiger partial charge in [-0.2, -0.15) is 0 Å². The number of ether oxygens (including phenoxy) is 1. The van der Waals surface area contributed by atoms with Gasteiger partial charge in [0.15, 0.2) is 5.25 Å². The zero-order chi connectivity index (χ0) is 13.8. The largest absolute Gasteiger partial charge is 0.468 e. The van der Waals surface area contributed by atoms with Crippen LogP contribution in [0.2, 0.25) is 0 Å². The van der Waals surface area contributed by atoms with Gasteiger partial charge in [-0.1, -0.05) is 19.3 Å². The molecule has 1 atom stereocenters. The van der Waals surface area contributed by atoms with Crippen LogP contribution in [0.25, 0.3) is 0 Å². The summed E-state index contributed by atoms with van der Waals surface area (Å²) in [5.41, 5.74) is -0.985. The van der Waals surface area contributed by atoms with E-state index in [0.717, 1.165) is 26.4 Å². The second kappa shape index (κ2) is 5.99. The van der Waals surface area contributed by atoms with Gasteiger partial charge >= 0.3 is 5.97 Å². The monoisotopic (exact) mass is 279 g/mol. The van der Waals surface area contributed by atoms with E-state index in [-0.39, 0.29) is 6.54 Å². The van der Waals surface area contributed by atoms with Crippen LogP contribution >= 0.6 is 0 Å². The van der Waals surface area contributed by atoms with Crippen LogP contribution in [0, 0.1) is 0 Å². The van der Waals surface area contributed by atoms with E-state index in [0.29, 0.717) is 12.8 Å². The second-order valence-corrected chi connectivity index (χ2v) is 6.90. The van der Waals surface area contributed by atoms with Gasteiger partial charge in [0.25, 0.3) is 0 Å². The lowest BCUT2D eigenvalue weighted by Crippen LogP contribution is -2.47. The molecule has 6 nitrogen and oxygen atoms in total. The molecule has 0 heterocycles. The molecule has 1 unspecified atom stereocenters. The van der Waals surface area contributed by atoms with Crippen LogP contribution in [0.1, 0.15) is 39.0 Å². The number of esters is 1. The number of sulfonamides is 1. The Labute approximate surface area is 108 Å². The Morgan fingerprint density at radius 1 is 1.39 bits per heavy atom. The zero-order valence-corrected chi connectivity index (χ0v) is 11.6. The molecule has 0 radical (unpaired) electrons. The molecule has 18 heavy (non-hydrogen) atoms. The Balaban J connectivity index is 2.58. The highest BCUT2D eigenvalue weighted by atomic mass is 32.2. The van der Waals surface area contributed by atoms with Crippen molar-refractivity contribution in [3.63, 3.8) is 0 Å². The summed E-state index contributed by atoms with van der Waals surface area (Å²) in [6.45, 7) is 1.22. The maximum atomic E-state index is 11.8. The molecule has 0 aromatic carbocycles. The minimum absolute atomic E-state index is 0.0450. The second-order valence-electron chi connectivity index (χ2n) is 4.82. The van der Waals surface area contributed by atoms with E-state index in [2.05, 4.69) is 9.46 Å². The summed E-state index contributed by atoms with van der Waals surface area (Å²) in [6, 6.07) is 0. The molecule has 0 aromatic rings. The summed E-state index contributed by atoms with van der Waals surface area (Å²) in [4.78, 5) is 11.2.